The second kappa shape index (κ2) is 12.5. The van der Waals surface area contributed by atoms with Gasteiger partial charge in [0.1, 0.15) is 17.0 Å². The molecule has 0 saturated heterocycles. The summed E-state index contributed by atoms with van der Waals surface area (Å²) in [6.45, 7) is 3.53. The molecule has 11 heteroatoms. The third-order valence-electron chi connectivity index (χ3n) is 4.78. The normalized spacial score (nSPS) is 10.6. The second-order valence-electron chi connectivity index (χ2n) is 7.23. The predicted octanol–water partition coefficient (Wildman–Crippen LogP) is 3.98. The van der Waals surface area contributed by atoms with Crippen molar-refractivity contribution in [3.63, 3.8) is 0 Å². The van der Waals surface area contributed by atoms with E-state index in [-0.39, 0.29) is 29.1 Å². The fraction of sp³-hybridized carbons (Fsp3) is 0.318. The highest BCUT2D eigenvalue weighted by Crippen LogP contribution is 2.36. The van der Waals surface area contributed by atoms with E-state index in [1.54, 1.807) is 65.6 Å². The van der Waals surface area contributed by atoms with Crippen LogP contribution >= 0.6 is 24.0 Å². The highest BCUT2D eigenvalue weighted by Gasteiger charge is 2.37. The summed E-state index contributed by atoms with van der Waals surface area (Å²) in [4.78, 5) is 34.1. The van der Waals surface area contributed by atoms with Crippen molar-refractivity contribution in [1.29, 1.82) is 0 Å². The summed E-state index contributed by atoms with van der Waals surface area (Å²) in [5.41, 5.74) is 4.27. The molecule has 0 spiro atoms. The monoisotopic (exact) mass is 497 g/mol. The summed E-state index contributed by atoms with van der Waals surface area (Å²) < 4.78 is 0. The van der Waals surface area contributed by atoms with Gasteiger partial charge in [-0.3, -0.25) is 14.6 Å². The number of rotatable bonds is 6. The number of pyridine rings is 1. The maximum atomic E-state index is 12.8. The Morgan fingerprint density at radius 3 is 2.30 bits per heavy atom. The average molecular weight is 498 g/mol. The lowest BCUT2D eigenvalue weighted by molar-refractivity contribution is -0.174. The molecule has 0 bridgehead atoms. The van der Waals surface area contributed by atoms with Gasteiger partial charge in [-0.05, 0) is 38.1 Å². The van der Waals surface area contributed by atoms with Crippen LogP contribution in [0.15, 0.2) is 42.7 Å². The molecule has 0 aliphatic carbocycles. The molecule has 0 aliphatic rings. The number of likely N-dealkylation sites (N-methyl/N-ethyl adjacent to an activating group) is 1. The summed E-state index contributed by atoms with van der Waals surface area (Å²) in [6.07, 6.45) is 3.35. The number of aromatic nitrogens is 3. The SMILES string of the molecule is CNOC.CON(C)C(=O)C(C)(C)c1nc(-c2ccc(Cl)c(O)c2)c(-c2ccncc2)[nH]1.Cl. The van der Waals surface area contributed by atoms with Crippen LogP contribution in [0.4, 0.5) is 0 Å². The molecular formula is C22H29Cl2N5O4. The summed E-state index contributed by atoms with van der Waals surface area (Å²) in [6, 6.07) is 8.59. The molecule has 0 fully saturated rings. The number of phenols is 1. The van der Waals surface area contributed by atoms with Gasteiger partial charge in [-0.1, -0.05) is 17.7 Å². The molecule has 3 aromatic rings. The standard InChI is InChI=1S/C20H21ClN4O3.C2H7NO.ClH/c1-20(2,19(27)25(3)28-4)18-23-16(12-7-9-22-10-8-12)17(24-18)13-5-6-14(21)15(26)11-13;1-3-4-2;/h5-11,26H,1-4H3,(H,23,24);3H,1-2H3;1H. The van der Waals surface area contributed by atoms with E-state index < -0.39 is 5.41 Å². The maximum Gasteiger partial charge on any atom is 0.259 e. The smallest absolute Gasteiger partial charge is 0.259 e. The van der Waals surface area contributed by atoms with Gasteiger partial charge in [-0.2, -0.15) is 0 Å². The summed E-state index contributed by atoms with van der Waals surface area (Å²) >= 11 is 5.94. The molecular weight excluding hydrogens is 469 g/mol. The second-order valence-corrected chi connectivity index (χ2v) is 7.64. The number of amides is 1. The van der Waals surface area contributed by atoms with E-state index in [0.29, 0.717) is 22.8 Å². The number of hydroxylamine groups is 3. The van der Waals surface area contributed by atoms with E-state index >= 15 is 0 Å². The van der Waals surface area contributed by atoms with Crippen LogP contribution in [0.25, 0.3) is 22.5 Å². The van der Waals surface area contributed by atoms with E-state index in [0.717, 1.165) is 5.56 Å². The Kier molecular flexibility index (Phi) is 10.8. The fourth-order valence-electron chi connectivity index (χ4n) is 2.84. The van der Waals surface area contributed by atoms with Crippen molar-refractivity contribution < 1.29 is 19.6 Å². The topological polar surface area (TPSA) is 113 Å². The maximum absolute atomic E-state index is 12.8. The van der Waals surface area contributed by atoms with Gasteiger partial charge >= 0.3 is 0 Å². The largest absolute Gasteiger partial charge is 0.506 e. The number of hydrogen-bond acceptors (Lipinski definition) is 7. The van der Waals surface area contributed by atoms with Crippen LogP contribution in [0.5, 0.6) is 5.75 Å². The van der Waals surface area contributed by atoms with E-state index in [1.807, 2.05) is 12.1 Å². The Bertz CT molecular complexity index is 1040. The molecule has 0 saturated carbocycles. The van der Waals surface area contributed by atoms with Crippen LogP contribution in [0, 0.1) is 0 Å². The molecule has 180 valence electrons. The first-order valence-electron chi connectivity index (χ1n) is 9.69. The van der Waals surface area contributed by atoms with Crippen LogP contribution < -0.4 is 5.48 Å². The molecule has 3 rings (SSSR count). The van der Waals surface area contributed by atoms with E-state index in [1.165, 1.54) is 12.2 Å². The fourth-order valence-corrected chi connectivity index (χ4v) is 2.96. The molecule has 3 N–H and O–H groups in total. The van der Waals surface area contributed by atoms with Crippen molar-refractivity contribution in [2.24, 2.45) is 0 Å². The lowest BCUT2D eigenvalue weighted by atomic mass is 9.91. The van der Waals surface area contributed by atoms with Gasteiger partial charge in [-0.25, -0.2) is 15.5 Å². The molecule has 0 radical (unpaired) electrons. The number of imidazole rings is 1. The third kappa shape index (κ3) is 6.66. The Hall–Kier alpha value is -2.69. The van der Waals surface area contributed by atoms with Crippen molar-refractivity contribution in [3.05, 3.63) is 53.6 Å². The highest BCUT2D eigenvalue weighted by molar-refractivity contribution is 6.32. The molecule has 1 amide bonds. The van der Waals surface area contributed by atoms with Gasteiger partial charge in [0.15, 0.2) is 0 Å². The minimum Gasteiger partial charge on any atom is -0.506 e. The number of benzene rings is 1. The lowest BCUT2D eigenvalue weighted by Gasteiger charge is -2.25. The van der Waals surface area contributed by atoms with Crippen molar-refractivity contribution in [2.75, 3.05) is 28.3 Å². The van der Waals surface area contributed by atoms with Gasteiger partial charge in [0.05, 0.1) is 30.6 Å². The number of phenolic OH excluding ortho intramolecular Hbond substituents is 1. The predicted molar refractivity (Wildman–Crippen MR) is 130 cm³/mol. The number of H-pyrrole nitrogens is 1. The summed E-state index contributed by atoms with van der Waals surface area (Å²) in [5.74, 6) is 0.173. The number of aromatic amines is 1. The van der Waals surface area contributed by atoms with Crippen LogP contribution in [0.1, 0.15) is 19.7 Å². The van der Waals surface area contributed by atoms with Crippen LogP contribution in [0.2, 0.25) is 5.02 Å². The number of aromatic hydroxyl groups is 1. The Labute approximate surface area is 204 Å². The zero-order valence-corrected chi connectivity index (χ0v) is 20.9. The Morgan fingerprint density at radius 2 is 1.79 bits per heavy atom. The lowest BCUT2D eigenvalue weighted by Crippen LogP contribution is -2.41. The molecule has 2 aromatic heterocycles. The molecule has 0 atom stereocenters. The van der Waals surface area contributed by atoms with Crippen molar-refractivity contribution in [3.8, 4) is 28.3 Å². The van der Waals surface area contributed by atoms with Crippen molar-refractivity contribution >= 4 is 29.9 Å². The van der Waals surface area contributed by atoms with Gasteiger partial charge in [0, 0.05) is 37.6 Å². The van der Waals surface area contributed by atoms with Gasteiger partial charge < -0.3 is 14.9 Å². The number of halogens is 2. The zero-order valence-electron chi connectivity index (χ0n) is 19.3. The minimum atomic E-state index is -0.973. The summed E-state index contributed by atoms with van der Waals surface area (Å²) in [5, 5.41) is 11.4. The quantitative estimate of drug-likeness (QED) is 0.441. The molecule has 9 nitrogen and oxygen atoms in total. The average Bonchev–Trinajstić information content (AvgIpc) is 3.27. The molecule has 1 aromatic carbocycles. The highest BCUT2D eigenvalue weighted by atomic mass is 35.5. The number of carbonyl (C=O) groups excluding carboxylic acids is 1. The molecule has 2 heterocycles. The third-order valence-corrected chi connectivity index (χ3v) is 5.10. The summed E-state index contributed by atoms with van der Waals surface area (Å²) in [7, 11) is 6.26. The zero-order chi connectivity index (χ0) is 23.9. The Morgan fingerprint density at radius 1 is 1.18 bits per heavy atom. The van der Waals surface area contributed by atoms with E-state index in [4.69, 9.17) is 21.4 Å². The van der Waals surface area contributed by atoms with Crippen molar-refractivity contribution in [2.45, 2.75) is 19.3 Å². The van der Waals surface area contributed by atoms with E-state index in [2.05, 4.69) is 20.3 Å². The van der Waals surface area contributed by atoms with Crippen molar-refractivity contribution in [1.82, 2.24) is 25.5 Å². The van der Waals surface area contributed by atoms with Crippen LogP contribution in [-0.4, -0.2) is 59.3 Å². The first-order chi connectivity index (χ1) is 15.2. The van der Waals surface area contributed by atoms with E-state index in [9.17, 15) is 9.90 Å². The van der Waals surface area contributed by atoms with Gasteiger partial charge in [0.2, 0.25) is 0 Å². The van der Waals surface area contributed by atoms with Crippen LogP contribution in [0.3, 0.4) is 0 Å². The number of carbonyl (C=O) groups is 1. The van der Waals surface area contributed by atoms with Gasteiger partial charge in [-0.15, -0.1) is 12.4 Å². The first kappa shape index (κ1) is 28.3. The number of nitrogens with one attached hydrogen (secondary N) is 2. The Balaban J connectivity index is 0.00000101. The molecule has 0 aliphatic heterocycles. The van der Waals surface area contributed by atoms with Gasteiger partial charge in [0.25, 0.3) is 5.91 Å². The number of hydrogen-bond donors (Lipinski definition) is 3. The van der Waals surface area contributed by atoms with Crippen LogP contribution in [-0.2, 0) is 19.9 Å². The molecule has 33 heavy (non-hydrogen) atoms. The molecule has 0 unspecified atom stereocenters. The number of nitrogens with zero attached hydrogens (tertiary/aromatic N) is 3. The minimum absolute atomic E-state index is 0. The first-order valence-corrected chi connectivity index (χ1v) is 10.1.